The summed E-state index contributed by atoms with van der Waals surface area (Å²) in [4.78, 5) is 45.0. The van der Waals surface area contributed by atoms with Crippen molar-refractivity contribution in [2.24, 2.45) is 11.8 Å². The van der Waals surface area contributed by atoms with Crippen molar-refractivity contribution >= 4 is 39.2 Å². The van der Waals surface area contributed by atoms with E-state index < -0.39 is 29.7 Å². The molecule has 0 radical (unpaired) electrons. The summed E-state index contributed by atoms with van der Waals surface area (Å²) in [5, 5.41) is 0. The lowest BCUT2D eigenvalue weighted by Crippen LogP contribution is -2.47. The van der Waals surface area contributed by atoms with Crippen molar-refractivity contribution in [2.75, 3.05) is 4.90 Å². The fourth-order valence-corrected chi connectivity index (χ4v) is 6.64. The summed E-state index contributed by atoms with van der Waals surface area (Å²) in [7, 11) is 0. The fraction of sp³-hybridized carbons (Fsp3) is 0.276. The van der Waals surface area contributed by atoms with Crippen molar-refractivity contribution in [3.8, 4) is 0 Å². The van der Waals surface area contributed by atoms with E-state index in [0.29, 0.717) is 11.3 Å². The first-order valence-electron chi connectivity index (χ1n) is 12.1. The number of Topliss-reactive ketones (excluding diaryl/α,β-unsaturated/α-hetero) is 1. The minimum atomic E-state index is -0.863. The topological polar surface area (TPSA) is 57.7 Å². The SMILES string of the molecule is Cc1ccc(N2C(=O)[C@@H]3C4C5=CCCC(Br)=C5C=CN4C(C(=O)c4ccc(F)cc4)[C@@H]3C2=O)cc1C. The van der Waals surface area contributed by atoms with Gasteiger partial charge < -0.3 is 4.90 Å². The maximum absolute atomic E-state index is 14.0. The molecule has 2 amide bonds. The molecular weight excluding hydrogens is 523 g/mol. The van der Waals surface area contributed by atoms with E-state index in [9.17, 15) is 18.8 Å². The van der Waals surface area contributed by atoms with E-state index in [1.165, 1.54) is 29.2 Å². The summed E-state index contributed by atoms with van der Waals surface area (Å²) in [6.07, 6.45) is 7.60. The average molecular weight is 547 g/mol. The number of halogens is 2. The van der Waals surface area contributed by atoms with Gasteiger partial charge in [0.2, 0.25) is 11.8 Å². The van der Waals surface area contributed by atoms with Crippen molar-refractivity contribution in [1.82, 2.24) is 4.90 Å². The van der Waals surface area contributed by atoms with E-state index in [-0.39, 0.29) is 17.6 Å². The van der Waals surface area contributed by atoms with Gasteiger partial charge in [-0.2, -0.15) is 0 Å². The van der Waals surface area contributed by atoms with Gasteiger partial charge in [-0.25, -0.2) is 9.29 Å². The summed E-state index contributed by atoms with van der Waals surface area (Å²) in [5.41, 5.74) is 4.89. The summed E-state index contributed by atoms with van der Waals surface area (Å²) >= 11 is 3.68. The average Bonchev–Trinajstić information content (AvgIpc) is 3.34. The van der Waals surface area contributed by atoms with Crippen LogP contribution in [-0.2, 0) is 9.59 Å². The molecule has 2 aromatic carbocycles. The third-order valence-corrected chi connectivity index (χ3v) is 8.75. The normalized spacial score (nSPS) is 26.7. The number of hydrogen-bond acceptors (Lipinski definition) is 4. The van der Waals surface area contributed by atoms with Crippen molar-refractivity contribution < 1.29 is 18.8 Å². The molecule has 6 rings (SSSR count). The molecule has 5 nitrogen and oxygen atoms in total. The molecule has 2 unspecified atom stereocenters. The van der Waals surface area contributed by atoms with E-state index in [0.717, 1.165) is 39.6 Å². The summed E-state index contributed by atoms with van der Waals surface area (Å²) in [6, 6.07) is 9.62. The molecule has 4 aliphatic rings. The molecule has 3 aliphatic heterocycles. The van der Waals surface area contributed by atoms with Crippen molar-refractivity contribution in [2.45, 2.75) is 38.8 Å². The number of anilines is 1. The van der Waals surface area contributed by atoms with Gasteiger partial charge >= 0.3 is 0 Å². The highest BCUT2D eigenvalue weighted by molar-refractivity contribution is 9.11. The third-order valence-electron chi connectivity index (χ3n) is 7.93. The lowest BCUT2D eigenvalue weighted by Gasteiger charge is -2.38. The van der Waals surface area contributed by atoms with Crippen molar-refractivity contribution in [3.05, 3.63) is 99.0 Å². The van der Waals surface area contributed by atoms with E-state index in [1.54, 1.807) is 6.07 Å². The van der Waals surface area contributed by atoms with Gasteiger partial charge in [0.25, 0.3) is 0 Å². The highest BCUT2D eigenvalue weighted by Crippen LogP contribution is 2.51. The first-order chi connectivity index (χ1) is 17.3. The molecule has 4 atom stereocenters. The number of nitrogens with zero attached hydrogens (tertiary/aromatic N) is 2. The Labute approximate surface area is 217 Å². The zero-order chi connectivity index (χ0) is 25.3. The zero-order valence-corrected chi connectivity index (χ0v) is 21.5. The number of fused-ring (bicyclic) bond motifs is 5. The quantitative estimate of drug-likeness (QED) is 0.383. The molecule has 0 aromatic heterocycles. The van der Waals surface area contributed by atoms with Crippen LogP contribution in [0.4, 0.5) is 10.1 Å². The Balaban J connectivity index is 1.50. The van der Waals surface area contributed by atoms with Crippen LogP contribution >= 0.6 is 15.9 Å². The van der Waals surface area contributed by atoms with Crippen LogP contribution in [0.25, 0.3) is 0 Å². The van der Waals surface area contributed by atoms with Crippen molar-refractivity contribution in [1.29, 1.82) is 0 Å². The van der Waals surface area contributed by atoms with E-state index in [2.05, 4.69) is 22.0 Å². The van der Waals surface area contributed by atoms with Crippen LogP contribution in [0.15, 0.2) is 76.4 Å². The highest BCUT2D eigenvalue weighted by atomic mass is 79.9. The Morgan fingerprint density at radius 1 is 1.00 bits per heavy atom. The van der Waals surface area contributed by atoms with Crippen molar-refractivity contribution in [3.63, 3.8) is 0 Å². The number of hydrogen-bond donors (Lipinski definition) is 0. The molecule has 1 aliphatic carbocycles. The number of carbonyl (C=O) groups excluding carboxylic acids is 3. The van der Waals surface area contributed by atoms with Gasteiger partial charge in [-0.3, -0.25) is 14.4 Å². The largest absolute Gasteiger partial charge is 0.358 e. The molecular formula is C29H24BrFN2O3. The van der Waals surface area contributed by atoms with Gasteiger partial charge in [0.15, 0.2) is 5.78 Å². The second-order valence-electron chi connectivity index (χ2n) is 9.87. The molecule has 7 heteroatoms. The monoisotopic (exact) mass is 546 g/mol. The Kier molecular flexibility index (Phi) is 5.37. The minimum Gasteiger partial charge on any atom is -0.358 e. The number of allylic oxidation sites excluding steroid dienone is 3. The van der Waals surface area contributed by atoms with Gasteiger partial charge in [0.1, 0.15) is 11.9 Å². The Hall–Kier alpha value is -3.32. The second-order valence-corrected chi connectivity index (χ2v) is 10.8. The molecule has 0 bridgehead atoms. The zero-order valence-electron chi connectivity index (χ0n) is 19.9. The molecule has 0 saturated carbocycles. The number of carbonyl (C=O) groups is 3. The van der Waals surface area contributed by atoms with Crippen LogP contribution in [0.5, 0.6) is 0 Å². The predicted octanol–water partition coefficient (Wildman–Crippen LogP) is 5.38. The van der Waals surface area contributed by atoms with E-state index >= 15 is 0 Å². The van der Waals surface area contributed by atoms with Crippen LogP contribution < -0.4 is 4.90 Å². The Morgan fingerprint density at radius 2 is 1.72 bits per heavy atom. The van der Waals surface area contributed by atoms with E-state index in [1.807, 2.05) is 43.2 Å². The predicted molar refractivity (Wildman–Crippen MR) is 138 cm³/mol. The van der Waals surface area contributed by atoms with Gasteiger partial charge in [0, 0.05) is 16.2 Å². The standard InChI is InChI=1S/C29H24BrFN2O3/c1-15-6-11-19(14-16(15)2)33-28(35)23-24(29(33)36)26(27(34)17-7-9-18(31)10-8-17)32-13-12-20-21(25(23)32)4-3-5-22(20)30/h4,6-14,23-26H,3,5H2,1-2H3/t23-,24+,25?,26?/m0/s1. The highest BCUT2D eigenvalue weighted by Gasteiger charge is 2.65. The molecule has 3 heterocycles. The van der Waals surface area contributed by atoms with E-state index in [4.69, 9.17) is 0 Å². The number of rotatable bonds is 3. The maximum atomic E-state index is 14.0. The molecule has 182 valence electrons. The fourth-order valence-electron chi connectivity index (χ4n) is 6.05. The number of imide groups is 1. The molecule has 36 heavy (non-hydrogen) atoms. The van der Waals surface area contributed by atoms with Gasteiger partial charge in [-0.1, -0.05) is 28.1 Å². The lowest BCUT2D eigenvalue weighted by atomic mass is 9.80. The summed E-state index contributed by atoms with van der Waals surface area (Å²) in [5.74, 6) is -2.91. The number of amides is 2. The molecule has 2 fully saturated rings. The van der Waals surface area contributed by atoms with Gasteiger partial charge in [0.05, 0.1) is 23.6 Å². The smallest absolute Gasteiger partial charge is 0.240 e. The van der Waals surface area contributed by atoms with Crippen LogP contribution in [0.3, 0.4) is 0 Å². The summed E-state index contributed by atoms with van der Waals surface area (Å²) in [6.45, 7) is 3.92. The Bertz CT molecular complexity index is 1420. The first kappa shape index (κ1) is 23.1. The number of ketones is 1. The summed E-state index contributed by atoms with van der Waals surface area (Å²) < 4.78 is 14.6. The van der Waals surface area contributed by atoms with Crippen LogP contribution in [0, 0.1) is 31.5 Å². The molecule has 2 aromatic rings. The van der Waals surface area contributed by atoms with Crippen LogP contribution in [-0.4, -0.2) is 34.6 Å². The molecule has 0 N–H and O–H groups in total. The van der Waals surface area contributed by atoms with Gasteiger partial charge in [-0.05, 0) is 91.4 Å². The minimum absolute atomic E-state index is 0.282. The maximum Gasteiger partial charge on any atom is 0.240 e. The molecule has 2 saturated heterocycles. The van der Waals surface area contributed by atoms with Crippen LogP contribution in [0.1, 0.15) is 34.3 Å². The first-order valence-corrected chi connectivity index (χ1v) is 12.9. The molecule has 0 spiro atoms. The third kappa shape index (κ3) is 3.29. The van der Waals surface area contributed by atoms with Crippen LogP contribution in [0.2, 0.25) is 0 Å². The lowest BCUT2D eigenvalue weighted by molar-refractivity contribution is -0.123. The number of aryl methyl sites for hydroxylation is 2. The second kappa shape index (κ2) is 8.37. The number of benzene rings is 2. The van der Waals surface area contributed by atoms with Gasteiger partial charge in [-0.15, -0.1) is 0 Å². The Morgan fingerprint density at radius 3 is 2.44 bits per heavy atom.